The minimum atomic E-state index is -0.309. The van der Waals surface area contributed by atoms with Crippen molar-refractivity contribution in [1.82, 2.24) is 0 Å². The van der Waals surface area contributed by atoms with Gasteiger partial charge in [0.25, 0.3) is 0 Å². The third-order valence-corrected chi connectivity index (χ3v) is 6.80. The van der Waals surface area contributed by atoms with Crippen molar-refractivity contribution < 1.29 is 23.8 Å². The molecule has 142 valence electrons. The van der Waals surface area contributed by atoms with Gasteiger partial charge in [0.2, 0.25) is 0 Å². The second kappa shape index (κ2) is 7.65. The topological polar surface area (TPSA) is 61.8 Å². The summed E-state index contributed by atoms with van der Waals surface area (Å²) in [4.78, 5) is 23.8. The number of rotatable bonds is 8. The quantitative estimate of drug-likeness (QED) is 0.495. The Labute approximate surface area is 150 Å². The van der Waals surface area contributed by atoms with E-state index in [1.807, 2.05) is 13.8 Å². The van der Waals surface area contributed by atoms with Crippen LogP contribution in [0.2, 0.25) is 0 Å². The summed E-state index contributed by atoms with van der Waals surface area (Å²) in [7, 11) is 0. The van der Waals surface area contributed by atoms with E-state index in [2.05, 4.69) is 6.92 Å². The number of hydrogen-bond donors (Lipinski definition) is 0. The highest BCUT2D eigenvalue weighted by Gasteiger charge is 2.56. The summed E-state index contributed by atoms with van der Waals surface area (Å²) >= 11 is 0. The Kier molecular flexibility index (Phi) is 5.71. The molecule has 4 saturated carbocycles. The molecule has 0 heterocycles. The summed E-state index contributed by atoms with van der Waals surface area (Å²) in [5, 5.41) is 0. The van der Waals surface area contributed by atoms with E-state index >= 15 is 0 Å². The minimum absolute atomic E-state index is 0.0667. The molecule has 0 N–H and O–H groups in total. The molecule has 5 heteroatoms. The van der Waals surface area contributed by atoms with Gasteiger partial charge in [-0.15, -0.1) is 0 Å². The predicted octanol–water partition coefficient (Wildman–Crippen LogP) is 3.35. The SMILES string of the molecule is CCC(C)C(=O)OCCOCC(=O)OC1(C)C2CC3CC(C2)CC1C3. The first-order valence-electron chi connectivity index (χ1n) is 9.88. The van der Waals surface area contributed by atoms with Gasteiger partial charge in [0.1, 0.15) is 18.8 Å². The minimum Gasteiger partial charge on any atom is -0.463 e. The number of ether oxygens (including phenoxy) is 3. The molecule has 4 aliphatic rings. The molecule has 0 aromatic heterocycles. The first kappa shape index (κ1) is 18.7. The molecule has 1 atom stereocenters. The number of hydrogen-bond acceptors (Lipinski definition) is 5. The van der Waals surface area contributed by atoms with Crippen molar-refractivity contribution in [2.24, 2.45) is 29.6 Å². The van der Waals surface area contributed by atoms with E-state index < -0.39 is 0 Å². The van der Waals surface area contributed by atoms with Crippen LogP contribution < -0.4 is 0 Å². The molecule has 4 bridgehead atoms. The van der Waals surface area contributed by atoms with Crippen molar-refractivity contribution in [3.8, 4) is 0 Å². The molecule has 4 fully saturated rings. The van der Waals surface area contributed by atoms with Crippen LogP contribution in [0.4, 0.5) is 0 Å². The van der Waals surface area contributed by atoms with Gasteiger partial charge in [-0.25, -0.2) is 4.79 Å². The average molecular weight is 352 g/mol. The zero-order valence-corrected chi connectivity index (χ0v) is 15.8. The maximum absolute atomic E-state index is 12.2. The lowest BCUT2D eigenvalue weighted by atomic mass is 9.50. The normalized spacial score (nSPS) is 36.9. The highest BCUT2D eigenvalue weighted by Crippen LogP contribution is 2.59. The molecule has 0 aromatic carbocycles. The first-order valence-corrected chi connectivity index (χ1v) is 9.88. The van der Waals surface area contributed by atoms with Crippen molar-refractivity contribution in [3.05, 3.63) is 0 Å². The van der Waals surface area contributed by atoms with Crippen LogP contribution in [0, 0.1) is 29.6 Å². The number of carbonyl (C=O) groups excluding carboxylic acids is 2. The van der Waals surface area contributed by atoms with Gasteiger partial charge in [-0.05, 0) is 69.1 Å². The van der Waals surface area contributed by atoms with E-state index in [9.17, 15) is 9.59 Å². The van der Waals surface area contributed by atoms with Crippen molar-refractivity contribution in [1.29, 1.82) is 0 Å². The van der Waals surface area contributed by atoms with Gasteiger partial charge in [0, 0.05) is 0 Å². The van der Waals surface area contributed by atoms with Crippen LogP contribution in [0.1, 0.15) is 59.3 Å². The molecule has 0 radical (unpaired) electrons. The van der Waals surface area contributed by atoms with Crippen molar-refractivity contribution >= 4 is 11.9 Å². The maximum Gasteiger partial charge on any atom is 0.332 e. The van der Waals surface area contributed by atoms with Crippen molar-refractivity contribution in [3.63, 3.8) is 0 Å². The fourth-order valence-corrected chi connectivity index (χ4v) is 5.23. The Hall–Kier alpha value is -1.10. The van der Waals surface area contributed by atoms with Crippen LogP contribution in [-0.2, 0) is 23.8 Å². The zero-order chi connectivity index (χ0) is 18.0. The number of esters is 2. The molecular weight excluding hydrogens is 320 g/mol. The molecule has 0 aromatic rings. The summed E-state index contributed by atoms with van der Waals surface area (Å²) in [5.74, 6) is 2.14. The van der Waals surface area contributed by atoms with Gasteiger partial charge in [0.15, 0.2) is 0 Å². The largest absolute Gasteiger partial charge is 0.463 e. The highest BCUT2D eigenvalue weighted by atomic mass is 16.6. The second-order valence-corrected chi connectivity index (χ2v) is 8.49. The van der Waals surface area contributed by atoms with Crippen LogP contribution in [0.15, 0.2) is 0 Å². The third kappa shape index (κ3) is 4.02. The van der Waals surface area contributed by atoms with E-state index in [1.165, 1.54) is 32.1 Å². The fourth-order valence-electron chi connectivity index (χ4n) is 5.23. The maximum atomic E-state index is 12.2. The van der Waals surface area contributed by atoms with E-state index in [1.54, 1.807) is 0 Å². The molecule has 4 aliphatic carbocycles. The molecule has 4 rings (SSSR count). The van der Waals surface area contributed by atoms with Crippen LogP contribution in [-0.4, -0.2) is 37.4 Å². The van der Waals surface area contributed by atoms with Crippen LogP contribution in [0.3, 0.4) is 0 Å². The Morgan fingerprint density at radius 1 is 1.04 bits per heavy atom. The van der Waals surface area contributed by atoms with E-state index in [0.29, 0.717) is 11.8 Å². The molecule has 0 saturated heterocycles. The van der Waals surface area contributed by atoms with Gasteiger partial charge < -0.3 is 14.2 Å². The standard InChI is InChI=1S/C20H32O5/c1-4-13(2)19(22)24-6-5-23-12-18(21)25-20(3)16-8-14-7-15(10-16)11-17(20)9-14/h13-17H,4-12H2,1-3H3. The van der Waals surface area contributed by atoms with E-state index in [0.717, 1.165) is 18.3 Å². The lowest BCUT2D eigenvalue weighted by Gasteiger charge is -2.59. The summed E-state index contributed by atoms with van der Waals surface area (Å²) < 4.78 is 16.4. The average Bonchev–Trinajstić information content (AvgIpc) is 2.58. The first-order chi connectivity index (χ1) is 11.9. The second-order valence-electron chi connectivity index (χ2n) is 8.49. The predicted molar refractivity (Wildman–Crippen MR) is 92.8 cm³/mol. The monoisotopic (exact) mass is 352 g/mol. The van der Waals surface area contributed by atoms with E-state index in [-0.39, 0.29) is 43.3 Å². The van der Waals surface area contributed by atoms with Gasteiger partial charge >= 0.3 is 11.9 Å². The molecule has 5 nitrogen and oxygen atoms in total. The molecule has 0 amide bonds. The Bertz CT molecular complexity index is 472. The summed E-state index contributed by atoms with van der Waals surface area (Å²) in [5.41, 5.74) is -0.309. The lowest BCUT2D eigenvalue weighted by molar-refractivity contribution is -0.206. The van der Waals surface area contributed by atoms with Gasteiger partial charge in [-0.1, -0.05) is 13.8 Å². The Morgan fingerprint density at radius 2 is 1.64 bits per heavy atom. The Morgan fingerprint density at radius 3 is 2.20 bits per heavy atom. The van der Waals surface area contributed by atoms with Crippen LogP contribution in [0.5, 0.6) is 0 Å². The number of carbonyl (C=O) groups is 2. The van der Waals surface area contributed by atoms with Gasteiger partial charge in [-0.3, -0.25) is 4.79 Å². The zero-order valence-electron chi connectivity index (χ0n) is 15.8. The summed E-state index contributed by atoms with van der Waals surface area (Å²) in [6.45, 7) is 6.26. The van der Waals surface area contributed by atoms with Crippen LogP contribution in [0.25, 0.3) is 0 Å². The van der Waals surface area contributed by atoms with Gasteiger partial charge in [-0.2, -0.15) is 0 Å². The molecule has 1 unspecified atom stereocenters. The molecule has 0 spiro atoms. The fraction of sp³-hybridized carbons (Fsp3) is 0.900. The molecule has 25 heavy (non-hydrogen) atoms. The summed E-state index contributed by atoms with van der Waals surface area (Å²) in [6.07, 6.45) is 6.99. The van der Waals surface area contributed by atoms with Crippen molar-refractivity contribution in [2.75, 3.05) is 19.8 Å². The smallest absolute Gasteiger partial charge is 0.332 e. The van der Waals surface area contributed by atoms with E-state index in [4.69, 9.17) is 14.2 Å². The van der Waals surface area contributed by atoms with Gasteiger partial charge in [0.05, 0.1) is 12.5 Å². The highest BCUT2D eigenvalue weighted by molar-refractivity contribution is 5.72. The summed E-state index contributed by atoms with van der Waals surface area (Å²) in [6, 6.07) is 0. The molecule has 0 aliphatic heterocycles. The third-order valence-electron chi connectivity index (χ3n) is 6.80. The van der Waals surface area contributed by atoms with Crippen LogP contribution >= 0.6 is 0 Å². The van der Waals surface area contributed by atoms with Crippen molar-refractivity contribution in [2.45, 2.75) is 64.9 Å². The molecular formula is C20H32O5. The lowest BCUT2D eigenvalue weighted by Crippen LogP contribution is -2.58. The Balaban J connectivity index is 1.37.